The molecule has 1 heterocycles. The number of rotatable bonds is 2. The summed E-state index contributed by atoms with van der Waals surface area (Å²) in [5.74, 6) is -4.74. The molecule has 21 heavy (non-hydrogen) atoms. The number of alkyl halides is 5. The second-order valence-electron chi connectivity index (χ2n) is 6.30. The van der Waals surface area contributed by atoms with Crippen LogP contribution in [0.1, 0.15) is 32.6 Å². The molecule has 3 aliphatic rings. The van der Waals surface area contributed by atoms with Crippen LogP contribution in [0.5, 0.6) is 0 Å². The van der Waals surface area contributed by atoms with Crippen LogP contribution in [0.2, 0.25) is 0 Å². The van der Waals surface area contributed by atoms with Crippen molar-refractivity contribution < 1.29 is 26.7 Å². The lowest BCUT2D eigenvalue weighted by Gasteiger charge is -2.28. The van der Waals surface area contributed by atoms with Crippen molar-refractivity contribution in [3.63, 3.8) is 0 Å². The smallest absolute Gasteiger partial charge is 0.271 e. The van der Waals surface area contributed by atoms with Gasteiger partial charge in [0.15, 0.2) is 4.75 Å². The summed E-state index contributed by atoms with van der Waals surface area (Å²) in [5, 5.41) is 0.140. The van der Waals surface area contributed by atoms with Crippen molar-refractivity contribution in [2.75, 3.05) is 0 Å². The van der Waals surface area contributed by atoms with Gasteiger partial charge in [0.05, 0.1) is 5.04 Å². The van der Waals surface area contributed by atoms with Gasteiger partial charge in [-0.2, -0.15) is 13.2 Å². The molecule has 0 aromatic carbocycles. The number of hydrogen-bond donors (Lipinski definition) is 0. The SMILES string of the molecule is C[C@@]1(C(F)(F)F)SC(C[C@H]2C[C@H]3C[C@@H]2CC3(F)F)=NC1=O. The maximum absolute atomic E-state index is 13.4. The molecule has 0 radical (unpaired) electrons. The van der Waals surface area contributed by atoms with Gasteiger partial charge < -0.3 is 0 Å². The lowest BCUT2D eigenvalue weighted by atomic mass is 9.85. The number of fused-ring (bicyclic) bond motifs is 2. The van der Waals surface area contributed by atoms with Gasteiger partial charge in [-0.25, -0.2) is 13.8 Å². The van der Waals surface area contributed by atoms with Crippen molar-refractivity contribution in [1.82, 2.24) is 0 Å². The van der Waals surface area contributed by atoms with E-state index in [-0.39, 0.29) is 29.7 Å². The van der Waals surface area contributed by atoms with Crippen LogP contribution in [0.3, 0.4) is 0 Å². The third kappa shape index (κ3) is 2.29. The third-order valence-electron chi connectivity index (χ3n) is 4.91. The van der Waals surface area contributed by atoms with E-state index >= 15 is 0 Å². The van der Waals surface area contributed by atoms with Crippen LogP contribution >= 0.6 is 11.8 Å². The Morgan fingerprint density at radius 3 is 2.43 bits per heavy atom. The molecule has 2 aliphatic carbocycles. The molecule has 0 unspecified atom stereocenters. The second kappa shape index (κ2) is 4.43. The van der Waals surface area contributed by atoms with Crippen LogP contribution in [0, 0.1) is 17.8 Å². The number of amides is 1. The summed E-state index contributed by atoms with van der Waals surface area (Å²) in [4.78, 5) is 15.1. The summed E-state index contributed by atoms with van der Waals surface area (Å²) >= 11 is 0.430. The molecule has 2 fully saturated rings. The number of halogens is 5. The van der Waals surface area contributed by atoms with Crippen LogP contribution in [0.15, 0.2) is 4.99 Å². The number of nitrogens with zero attached hydrogens (tertiary/aromatic N) is 1. The van der Waals surface area contributed by atoms with Crippen LogP contribution in [-0.4, -0.2) is 27.8 Å². The molecule has 4 atom stereocenters. The van der Waals surface area contributed by atoms with Gasteiger partial charge in [-0.15, -0.1) is 0 Å². The minimum absolute atomic E-state index is 0.0794. The van der Waals surface area contributed by atoms with Crippen LogP contribution in [-0.2, 0) is 4.79 Å². The van der Waals surface area contributed by atoms with Crippen LogP contribution in [0.4, 0.5) is 22.0 Å². The molecule has 2 nitrogen and oxygen atoms in total. The van der Waals surface area contributed by atoms with E-state index in [1.54, 1.807) is 0 Å². The summed E-state index contributed by atoms with van der Waals surface area (Å²) in [6.07, 6.45) is -3.90. The Labute approximate surface area is 122 Å². The summed E-state index contributed by atoms with van der Waals surface area (Å²) in [6.45, 7) is 0.825. The van der Waals surface area contributed by atoms with Crippen molar-refractivity contribution >= 4 is 22.7 Å². The van der Waals surface area contributed by atoms with E-state index in [1.165, 1.54) is 0 Å². The summed E-state index contributed by atoms with van der Waals surface area (Å²) in [6, 6.07) is 0. The monoisotopic (exact) mass is 327 g/mol. The molecule has 0 spiro atoms. The minimum atomic E-state index is -4.66. The molecule has 0 aromatic rings. The quantitative estimate of drug-likeness (QED) is 0.716. The topological polar surface area (TPSA) is 29.4 Å². The molecule has 1 amide bonds. The highest BCUT2D eigenvalue weighted by atomic mass is 32.2. The fourth-order valence-electron chi connectivity index (χ4n) is 3.59. The largest absolute Gasteiger partial charge is 0.412 e. The molecule has 2 bridgehead atoms. The fourth-order valence-corrected chi connectivity index (χ4v) is 4.73. The Bertz CT molecular complexity index is 517. The normalized spacial score (nSPS) is 41.7. The number of hydrogen-bond acceptors (Lipinski definition) is 2. The number of aliphatic imine (C=N–C) groups is 1. The van der Waals surface area contributed by atoms with Gasteiger partial charge in [0.1, 0.15) is 0 Å². The van der Waals surface area contributed by atoms with E-state index in [9.17, 15) is 26.7 Å². The molecule has 2 saturated carbocycles. The van der Waals surface area contributed by atoms with Crippen LogP contribution < -0.4 is 0 Å². The average molecular weight is 327 g/mol. The van der Waals surface area contributed by atoms with Gasteiger partial charge in [-0.1, -0.05) is 11.8 Å². The maximum Gasteiger partial charge on any atom is 0.412 e. The van der Waals surface area contributed by atoms with Gasteiger partial charge >= 0.3 is 6.18 Å². The summed E-state index contributed by atoms with van der Waals surface area (Å²) in [7, 11) is 0. The maximum atomic E-state index is 13.4. The summed E-state index contributed by atoms with van der Waals surface area (Å²) < 4.78 is 63.1. The molecule has 0 aromatic heterocycles. The van der Waals surface area contributed by atoms with E-state index in [4.69, 9.17) is 0 Å². The zero-order valence-electron chi connectivity index (χ0n) is 11.2. The Morgan fingerprint density at radius 2 is 2.00 bits per heavy atom. The molecule has 8 heteroatoms. The average Bonchev–Trinajstić information content (AvgIpc) is 2.90. The third-order valence-corrected chi connectivity index (χ3v) is 6.21. The van der Waals surface area contributed by atoms with E-state index in [2.05, 4.69) is 4.99 Å². The summed E-state index contributed by atoms with van der Waals surface area (Å²) in [5.41, 5.74) is 0. The number of carbonyl (C=O) groups is 1. The molecular weight excluding hydrogens is 313 g/mol. The van der Waals surface area contributed by atoms with E-state index in [0.29, 0.717) is 24.6 Å². The van der Waals surface area contributed by atoms with E-state index < -0.39 is 28.7 Å². The Hall–Kier alpha value is -0.660. The first-order chi connectivity index (χ1) is 9.53. The van der Waals surface area contributed by atoms with Crippen molar-refractivity contribution in [2.24, 2.45) is 22.7 Å². The van der Waals surface area contributed by atoms with Gasteiger partial charge in [0.2, 0.25) is 0 Å². The lowest BCUT2D eigenvalue weighted by molar-refractivity contribution is -0.165. The second-order valence-corrected chi connectivity index (χ2v) is 7.79. The van der Waals surface area contributed by atoms with Crippen molar-refractivity contribution in [1.29, 1.82) is 0 Å². The number of thioether (sulfide) groups is 1. The van der Waals surface area contributed by atoms with Gasteiger partial charge in [0.25, 0.3) is 11.8 Å². The standard InChI is InChI=1S/C13H14F5NOS/c1-11(13(16,17)18)10(20)19-9(21-11)4-6-2-8-3-7(6)5-12(8,14)15/h6-8H,2-5H2,1H3/t6-,7-,8+,11-/m1/s1. The van der Waals surface area contributed by atoms with Gasteiger partial charge in [0, 0.05) is 12.3 Å². The predicted octanol–water partition coefficient (Wildman–Crippen LogP) is 4.05. The number of carbonyl (C=O) groups excluding carboxylic acids is 1. The first-order valence-electron chi connectivity index (χ1n) is 6.78. The highest BCUT2D eigenvalue weighted by Crippen LogP contribution is 2.58. The Morgan fingerprint density at radius 1 is 1.33 bits per heavy atom. The first-order valence-corrected chi connectivity index (χ1v) is 7.60. The Kier molecular flexibility index (Phi) is 3.21. The molecule has 1 aliphatic heterocycles. The predicted molar refractivity (Wildman–Crippen MR) is 68.4 cm³/mol. The van der Waals surface area contributed by atoms with Crippen molar-refractivity contribution in [2.45, 2.75) is 49.5 Å². The molecule has 118 valence electrons. The zero-order valence-corrected chi connectivity index (χ0v) is 12.0. The molecule has 3 rings (SSSR count). The van der Waals surface area contributed by atoms with Crippen molar-refractivity contribution in [3.8, 4) is 0 Å². The fraction of sp³-hybridized carbons (Fsp3) is 0.846. The van der Waals surface area contributed by atoms with Gasteiger partial charge in [-0.05, 0) is 38.0 Å². The van der Waals surface area contributed by atoms with Crippen molar-refractivity contribution in [3.05, 3.63) is 0 Å². The highest BCUT2D eigenvalue weighted by Gasteiger charge is 2.62. The molecule has 0 saturated heterocycles. The van der Waals surface area contributed by atoms with E-state index in [1.807, 2.05) is 0 Å². The molecule has 0 N–H and O–H groups in total. The Balaban J connectivity index is 1.67. The van der Waals surface area contributed by atoms with Crippen LogP contribution in [0.25, 0.3) is 0 Å². The van der Waals surface area contributed by atoms with E-state index in [0.717, 1.165) is 6.92 Å². The highest BCUT2D eigenvalue weighted by molar-refractivity contribution is 8.16. The molecular formula is C13H14F5NOS. The minimum Gasteiger partial charge on any atom is -0.271 e. The lowest BCUT2D eigenvalue weighted by Crippen LogP contribution is -2.43. The zero-order chi connectivity index (χ0) is 15.6. The van der Waals surface area contributed by atoms with Gasteiger partial charge in [-0.3, -0.25) is 4.79 Å². The first kappa shape index (κ1) is 15.2.